The first-order chi connectivity index (χ1) is 12.6. The summed E-state index contributed by atoms with van der Waals surface area (Å²) in [6.07, 6.45) is 6.98. The van der Waals surface area contributed by atoms with Gasteiger partial charge in [0.1, 0.15) is 0 Å². The molecule has 0 atom stereocenters. The Kier molecular flexibility index (Phi) is 5.67. The van der Waals surface area contributed by atoms with Crippen molar-refractivity contribution in [2.45, 2.75) is 0 Å². The molecule has 0 saturated carbocycles. The van der Waals surface area contributed by atoms with Gasteiger partial charge in [0.25, 0.3) is 0 Å². The lowest BCUT2D eigenvalue weighted by atomic mass is 10.1. The van der Waals surface area contributed by atoms with E-state index in [2.05, 4.69) is 0 Å². The zero-order chi connectivity index (χ0) is 18.4. The van der Waals surface area contributed by atoms with Crippen molar-refractivity contribution in [3.05, 3.63) is 110 Å². The minimum absolute atomic E-state index is 0.322. The summed E-state index contributed by atoms with van der Waals surface area (Å²) < 4.78 is 0. The van der Waals surface area contributed by atoms with E-state index in [0.29, 0.717) is 16.1 Å². The third-order valence-corrected chi connectivity index (χ3v) is 4.07. The molecule has 0 saturated heterocycles. The van der Waals surface area contributed by atoms with Gasteiger partial charge in [-0.15, -0.1) is 0 Å². The van der Waals surface area contributed by atoms with Crippen LogP contribution in [0.2, 0.25) is 5.02 Å². The third kappa shape index (κ3) is 4.50. The summed E-state index contributed by atoms with van der Waals surface area (Å²) in [7, 11) is 0. The highest BCUT2D eigenvalue weighted by Crippen LogP contribution is 2.21. The lowest BCUT2D eigenvalue weighted by Crippen LogP contribution is -2.01. The van der Waals surface area contributed by atoms with Crippen LogP contribution in [-0.2, 0) is 0 Å². The quantitative estimate of drug-likeness (QED) is 0.643. The number of rotatable bonds is 4. The molecular weight excluding hydrogens is 344 g/mol. The molecule has 26 heavy (non-hydrogen) atoms. The van der Waals surface area contributed by atoms with E-state index < -0.39 is 5.43 Å². The topological polar surface area (TPSA) is 37.3 Å². The summed E-state index contributed by atoms with van der Waals surface area (Å²) >= 11 is 6.22. The minimum Gasteiger partial charge on any atom is -0.504 e. The molecule has 128 valence electrons. The van der Waals surface area contributed by atoms with Crippen molar-refractivity contribution >= 4 is 35.9 Å². The van der Waals surface area contributed by atoms with Crippen LogP contribution in [0.15, 0.2) is 77.6 Å². The van der Waals surface area contributed by atoms with Gasteiger partial charge in [-0.2, -0.15) is 0 Å². The first-order valence-electron chi connectivity index (χ1n) is 8.16. The Hall–Kier alpha value is -3.10. The molecule has 0 bridgehead atoms. The number of hydrogen-bond acceptors (Lipinski definition) is 2. The zero-order valence-corrected chi connectivity index (χ0v) is 14.7. The van der Waals surface area contributed by atoms with Gasteiger partial charge in [0.2, 0.25) is 5.43 Å². The van der Waals surface area contributed by atoms with Crippen LogP contribution in [0.25, 0.3) is 24.3 Å². The second-order valence-electron chi connectivity index (χ2n) is 5.75. The highest BCUT2D eigenvalue weighted by atomic mass is 35.5. The van der Waals surface area contributed by atoms with Crippen molar-refractivity contribution in [3.8, 4) is 5.75 Å². The molecule has 0 radical (unpaired) electrons. The number of hydrogen-bond donors (Lipinski definition) is 1. The summed E-state index contributed by atoms with van der Waals surface area (Å²) in [5.74, 6) is -0.322. The van der Waals surface area contributed by atoms with E-state index in [-0.39, 0.29) is 5.75 Å². The van der Waals surface area contributed by atoms with E-state index >= 15 is 0 Å². The molecule has 0 aliphatic rings. The van der Waals surface area contributed by atoms with Crippen LogP contribution in [0.4, 0.5) is 0 Å². The maximum Gasteiger partial charge on any atom is 0.227 e. The van der Waals surface area contributed by atoms with Gasteiger partial charge in [-0.3, -0.25) is 4.79 Å². The van der Waals surface area contributed by atoms with Crippen molar-refractivity contribution in [1.29, 1.82) is 0 Å². The Labute approximate surface area is 157 Å². The zero-order valence-electron chi connectivity index (χ0n) is 14.0. The Morgan fingerprint density at radius 2 is 1.15 bits per heavy atom. The van der Waals surface area contributed by atoms with Gasteiger partial charge in [-0.25, -0.2) is 0 Å². The molecule has 0 amide bonds. The SMILES string of the molecule is O=c1c(/C=C/c2ccccc2)cc(Cl)cc(/C=C/c2ccccc2)c1O. The van der Waals surface area contributed by atoms with E-state index in [9.17, 15) is 9.90 Å². The average Bonchev–Trinajstić information content (AvgIpc) is 2.78. The maximum atomic E-state index is 12.6. The summed E-state index contributed by atoms with van der Waals surface area (Å²) in [5.41, 5.74) is 2.17. The van der Waals surface area contributed by atoms with Crippen LogP contribution in [0.1, 0.15) is 22.3 Å². The molecule has 2 nitrogen and oxygen atoms in total. The van der Waals surface area contributed by atoms with Crippen molar-refractivity contribution in [2.24, 2.45) is 0 Å². The molecule has 0 aliphatic heterocycles. The van der Waals surface area contributed by atoms with Gasteiger partial charge in [-0.05, 0) is 23.3 Å². The first kappa shape index (κ1) is 17.7. The van der Waals surface area contributed by atoms with Crippen LogP contribution >= 0.6 is 11.6 Å². The highest BCUT2D eigenvalue weighted by Gasteiger charge is 2.07. The molecule has 0 aromatic heterocycles. The number of benzene rings is 2. The van der Waals surface area contributed by atoms with Crippen molar-refractivity contribution in [1.82, 2.24) is 0 Å². The average molecular weight is 361 g/mol. The molecule has 0 fully saturated rings. The van der Waals surface area contributed by atoms with Gasteiger partial charge in [0.15, 0.2) is 5.75 Å². The van der Waals surface area contributed by atoms with Crippen LogP contribution < -0.4 is 5.43 Å². The van der Waals surface area contributed by atoms with Crippen molar-refractivity contribution in [2.75, 3.05) is 0 Å². The predicted molar refractivity (Wildman–Crippen MR) is 110 cm³/mol. The molecule has 1 N–H and O–H groups in total. The Balaban J connectivity index is 2.00. The molecule has 3 aromatic carbocycles. The van der Waals surface area contributed by atoms with E-state index in [0.717, 1.165) is 11.1 Å². The van der Waals surface area contributed by atoms with Gasteiger partial charge in [-0.1, -0.05) is 96.6 Å². The molecular formula is C23H17ClO2. The normalized spacial score (nSPS) is 11.3. The van der Waals surface area contributed by atoms with Crippen LogP contribution in [0.5, 0.6) is 5.75 Å². The van der Waals surface area contributed by atoms with Crippen LogP contribution in [-0.4, -0.2) is 5.11 Å². The summed E-state index contributed by atoms with van der Waals surface area (Å²) in [6.45, 7) is 0. The fraction of sp³-hybridized carbons (Fsp3) is 0. The largest absolute Gasteiger partial charge is 0.504 e. The van der Waals surface area contributed by atoms with Crippen LogP contribution in [0.3, 0.4) is 0 Å². The summed E-state index contributed by atoms with van der Waals surface area (Å²) in [6, 6.07) is 22.4. The van der Waals surface area contributed by atoms with Gasteiger partial charge >= 0.3 is 0 Å². The van der Waals surface area contributed by atoms with E-state index in [1.807, 2.05) is 72.8 Å². The minimum atomic E-state index is -0.461. The molecule has 0 aliphatic carbocycles. The molecule has 3 aromatic rings. The Morgan fingerprint density at radius 1 is 0.692 bits per heavy atom. The summed E-state index contributed by atoms with van der Waals surface area (Å²) in [5, 5.41) is 10.8. The molecule has 3 heteroatoms. The van der Waals surface area contributed by atoms with E-state index in [1.54, 1.807) is 24.3 Å². The maximum absolute atomic E-state index is 12.6. The van der Waals surface area contributed by atoms with Gasteiger partial charge in [0.05, 0.1) is 0 Å². The smallest absolute Gasteiger partial charge is 0.227 e. The fourth-order valence-corrected chi connectivity index (χ4v) is 2.73. The summed E-state index contributed by atoms with van der Waals surface area (Å²) in [4.78, 5) is 12.6. The predicted octanol–water partition coefficient (Wildman–Crippen LogP) is 5.75. The second-order valence-corrected chi connectivity index (χ2v) is 6.19. The fourth-order valence-electron chi connectivity index (χ4n) is 2.49. The molecule has 0 spiro atoms. The van der Waals surface area contributed by atoms with Crippen molar-refractivity contribution in [3.63, 3.8) is 0 Å². The van der Waals surface area contributed by atoms with E-state index in [1.165, 1.54) is 0 Å². The standard InChI is InChI=1S/C23H17ClO2/c24-21-15-19(13-11-17-7-3-1-4-8-17)22(25)23(26)20(16-21)14-12-18-9-5-2-6-10-18/h1-16H,(H,25,26)/b13-11+,14-12+. The molecule has 0 unspecified atom stereocenters. The molecule has 3 rings (SSSR count). The first-order valence-corrected chi connectivity index (χ1v) is 8.54. The molecule has 0 heterocycles. The van der Waals surface area contributed by atoms with Gasteiger partial charge < -0.3 is 5.11 Å². The number of halogens is 1. The van der Waals surface area contributed by atoms with Crippen LogP contribution in [0, 0.1) is 0 Å². The lowest BCUT2D eigenvalue weighted by Gasteiger charge is -1.95. The second kappa shape index (κ2) is 8.32. The third-order valence-electron chi connectivity index (χ3n) is 3.85. The Morgan fingerprint density at radius 3 is 1.69 bits per heavy atom. The lowest BCUT2D eigenvalue weighted by molar-refractivity contribution is 0.469. The van der Waals surface area contributed by atoms with Gasteiger partial charge in [0, 0.05) is 16.1 Å². The monoisotopic (exact) mass is 360 g/mol. The Bertz CT molecular complexity index is 1010. The van der Waals surface area contributed by atoms with Crippen molar-refractivity contribution < 1.29 is 5.11 Å². The highest BCUT2D eigenvalue weighted by molar-refractivity contribution is 6.30. The number of aromatic hydroxyl groups is 1. The van der Waals surface area contributed by atoms with E-state index in [4.69, 9.17) is 11.6 Å².